The molecule has 19 heavy (non-hydrogen) atoms. The van der Waals surface area contributed by atoms with Gasteiger partial charge in [0.05, 0.1) is 6.54 Å². The molecule has 0 fully saturated rings. The highest BCUT2D eigenvalue weighted by molar-refractivity contribution is 5.68. The van der Waals surface area contributed by atoms with E-state index in [1.165, 1.54) is 70.6 Å². The zero-order chi connectivity index (χ0) is 14.2. The van der Waals surface area contributed by atoms with E-state index >= 15 is 0 Å². The normalized spacial score (nSPS) is 10.8. The molecule has 0 atom stereocenters. The average Bonchev–Trinajstić information content (AvgIpc) is 2.39. The topological polar surface area (TPSA) is 49.3 Å². The van der Waals surface area contributed by atoms with Crippen molar-refractivity contribution in [2.45, 2.75) is 84.0 Å². The summed E-state index contributed by atoms with van der Waals surface area (Å²) in [6, 6.07) is 0. The van der Waals surface area contributed by atoms with Gasteiger partial charge < -0.3 is 10.4 Å². The zero-order valence-corrected chi connectivity index (χ0v) is 12.8. The van der Waals surface area contributed by atoms with Gasteiger partial charge in [-0.15, -0.1) is 0 Å². The number of carbonyl (C=O) groups is 1. The Balaban J connectivity index is 2.93. The zero-order valence-electron chi connectivity index (χ0n) is 12.8. The molecule has 2 N–H and O–H groups in total. The van der Waals surface area contributed by atoms with Gasteiger partial charge in [0, 0.05) is 0 Å². The highest BCUT2D eigenvalue weighted by Crippen LogP contribution is 2.11. The largest absolute Gasteiger partial charge is 0.480 e. The van der Waals surface area contributed by atoms with E-state index in [-0.39, 0.29) is 6.54 Å². The van der Waals surface area contributed by atoms with Crippen molar-refractivity contribution in [2.75, 3.05) is 13.1 Å². The molecule has 0 unspecified atom stereocenters. The Labute approximate surface area is 119 Å². The van der Waals surface area contributed by atoms with Crippen LogP contribution in [0.25, 0.3) is 0 Å². The summed E-state index contributed by atoms with van der Waals surface area (Å²) in [7, 11) is 0. The first-order chi connectivity index (χ1) is 9.27. The monoisotopic (exact) mass is 271 g/mol. The molecule has 0 aromatic rings. The summed E-state index contributed by atoms with van der Waals surface area (Å²) < 4.78 is 0. The first-order valence-corrected chi connectivity index (χ1v) is 8.20. The van der Waals surface area contributed by atoms with E-state index in [0.29, 0.717) is 0 Å². The maximum Gasteiger partial charge on any atom is 0.317 e. The van der Waals surface area contributed by atoms with Crippen LogP contribution in [0.5, 0.6) is 0 Å². The first-order valence-electron chi connectivity index (χ1n) is 8.20. The van der Waals surface area contributed by atoms with Crippen molar-refractivity contribution in [1.82, 2.24) is 5.32 Å². The van der Waals surface area contributed by atoms with Crippen LogP contribution in [0.4, 0.5) is 0 Å². The smallest absolute Gasteiger partial charge is 0.317 e. The van der Waals surface area contributed by atoms with Crippen LogP contribution in [-0.2, 0) is 4.79 Å². The molecule has 0 saturated carbocycles. The van der Waals surface area contributed by atoms with Gasteiger partial charge in [-0.1, -0.05) is 77.6 Å². The molecule has 0 heterocycles. The van der Waals surface area contributed by atoms with Crippen LogP contribution in [0.1, 0.15) is 84.0 Å². The Bertz CT molecular complexity index is 195. The summed E-state index contributed by atoms with van der Waals surface area (Å²) in [5.74, 6) is -0.765. The molecule has 0 amide bonds. The summed E-state index contributed by atoms with van der Waals surface area (Å²) in [6.07, 6.45) is 16.1. The molecule has 114 valence electrons. The number of aliphatic carboxylic acids is 1. The first kappa shape index (κ1) is 18.4. The van der Waals surface area contributed by atoms with Gasteiger partial charge in [0.25, 0.3) is 0 Å². The van der Waals surface area contributed by atoms with Crippen LogP contribution in [0, 0.1) is 0 Å². The maximum absolute atomic E-state index is 10.3. The summed E-state index contributed by atoms with van der Waals surface area (Å²) in [5.41, 5.74) is 0. The van der Waals surface area contributed by atoms with Crippen LogP contribution >= 0.6 is 0 Å². The molecule has 0 aliphatic heterocycles. The highest BCUT2D eigenvalue weighted by Gasteiger charge is 1.95. The average molecular weight is 271 g/mol. The van der Waals surface area contributed by atoms with E-state index in [2.05, 4.69) is 12.2 Å². The van der Waals surface area contributed by atoms with Crippen molar-refractivity contribution in [2.24, 2.45) is 0 Å². The summed E-state index contributed by atoms with van der Waals surface area (Å²) in [5, 5.41) is 11.4. The number of carboxylic acids is 1. The molecule has 0 aliphatic rings. The standard InChI is InChI=1S/C16H33NO2/c1-2-3-4-5-6-7-8-9-10-11-12-13-14-17-15-16(18)19/h17H,2-15H2,1H3,(H,18,19). The molecular weight excluding hydrogens is 238 g/mol. The van der Waals surface area contributed by atoms with Crippen molar-refractivity contribution < 1.29 is 9.90 Å². The van der Waals surface area contributed by atoms with Gasteiger partial charge in [0.1, 0.15) is 0 Å². The van der Waals surface area contributed by atoms with Crippen molar-refractivity contribution in [3.8, 4) is 0 Å². The predicted molar refractivity (Wildman–Crippen MR) is 81.6 cm³/mol. The highest BCUT2D eigenvalue weighted by atomic mass is 16.4. The molecule has 0 aromatic heterocycles. The van der Waals surface area contributed by atoms with Crippen molar-refractivity contribution in [3.63, 3.8) is 0 Å². The van der Waals surface area contributed by atoms with Crippen LogP contribution in [0.2, 0.25) is 0 Å². The lowest BCUT2D eigenvalue weighted by Crippen LogP contribution is -2.23. The third kappa shape index (κ3) is 17.4. The fourth-order valence-electron chi connectivity index (χ4n) is 2.29. The van der Waals surface area contributed by atoms with Gasteiger partial charge in [-0.05, 0) is 13.0 Å². The SMILES string of the molecule is CCCCCCCCCCCCCCNCC(=O)O. The van der Waals surface area contributed by atoms with Gasteiger partial charge in [-0.2, -0.15) is 0 Å². The molecule has 0 aromatic carbocycles. The molecule has 3 heteroatoms. The van der Waals surface area contributed by atoms with Gasteiger partial charge in [0.2, 0.25) is 0 Å². The summed E-state index contributed by atoms with van der Waals surface area (Å²) in [6.45, 7) is 3.19. The minimum atomic E-state index is -0.765. The Hall–Kier alpha value is -0.570. The van der Waals surface area contributed by atoms with E-state index in [1.54, 1.807) is 0 Å². The molecule has 0 aliphatic carbocycles. The van der Waals surface area contributed by atoms with Crippen LogP contribution < -0.4 is 5.32 Å². The lowest BCUT2D eigenvalue weighted by molar-refractivity contribution is -0.135. The minimum absolute atomic E-state index is 0.0953. The minimum Gasteiger partial charge on any atom is -0.480 e. The van der Waals surface area contributed by atoms with E-state index in [4.69, 9.17) is 5.11 Å². The third-order valence-corrected chi connectivity index (χ3v) is 3.48. The van der Waals surface area contributed by atoms with Crippen molar-refractivity contribution in [1.29, 1.82) is 0 Å². The molecule has 0 radical (unpaired) electrons. The number of carboxylic acid groups (broad SMARTS) is 1. The summed E-state index contributed by atoms with van der Waals surface area (Å²) >= 11 is 0. The predicted octanol–water partition coefficient (Wildman–Crippen LogP) is 4.36. The fourth-order valence-corrected chi connectivity index (χ4v) is 2.29. The van der Waals surface area contributed by atoms with Crippen molar-refractivity contribution in [3.05, 3.63) is 0 Å². The lowest BCUT2D eigenvalue weighted by atomic mass is 10.1. The number of rotatable bonds is 15. The molecule has 3 nitrogen and oxygen atoms in total. The number of hydrogen-bond acceptors (Lipinski definition) is 2. The van der Waals surface area contributed by atoms with E-state index in [9.17, 15) is 4.79 Å². The van der Waals surface area contributed by atoms with E-state index in [0.717, 1.165) is 13.0 Å². The Morgan fingerprint density at radius 2 is 1.21 bits per heavy atom. The molecular formula is C16H33NO2. The van der Waals surface area contributed by atoms with Gasteiger partial charge in [-0.25, -0.2) is 0 Å². The third-order valence-electron chi connectivity index (χ3n) is 3.48. The Morgan fingerprint density at radius 3 is 1.63 bits per heavy atom. The second kappa shape index (κ2) is 15.5. The van der Waals surface area contributed by atoms with Crippen LogP contribution in [-0.4, -0.2) is 24.2 Å². The molecule has 0 spiro atoms. The number of unbranched alkanes of at least 4 members (excludes halogenated alkanes) is 11. The fraction of sp³-hybridized carbons (Fsp3) is 0.938. The second-order valence-corrected chi connectivity index (χ2v) is 5.46. The van der Waals surface area contributed by atoms with Crippen molar-refractivity contribution >= 4 is 5.97 Å². The number of nitrogens with one attached hydrogen (secondary N) is 1. The van der Waals surface area contributed by atoms with E-state index in [1.807, 2.05) is 0 Å². The molecule has 0 rings (SSSR count). The quantitative estimate of drug-likeness (QED) is 0.435. The van der Waals surface area contributed by atoms with Gasteiger partial charge >= 0.3 is 5.97 Å². The second-order valence-electron chi connectivity index (χ2n) is 5.46. The summed E-state index contributed by atoms with van der Waals surface area (Å²) in [4.78, 5) is 10.3. The Kier molecular flexibility index (Phi) is 15.0. The van der Waals surface area contributed by atoms with Gasteiger partial charge in [0.15, 0.2) is 0 Å². The van der Waals surface area contributed by atoms with Crippen LogP contribution in [0.3, 0.4) is 0 Å². The Morgan fingerprint density at radius 1 is 0.789 bits per heavy atom. The van der Waals surface area contributed by atoms with Crippen LogP contribution in [0.15, 0.2) is 0 Å². The van der Waals surface area contributed by atoms with Gasteiger partial charge in [-0.3, -0.25) is 4.79 Å². The maximum atomic E-state index is 10.3. The lowest BCUT2D eigenvalue weighted by Gasteiger charge is -2.03. The molecule has 0 bridgehead atoms. The molecule has 0 saturated heterocycles. The number of hydrogen-bond donors (Lipinski definition) is 2. The van der Waals surface area contributed by atoms with E-state index < -0.39 is 5.97 Å².